The van der Waals surface area contributed by atoms with Crippen LogP contribution >= 0.6 is 0 Å². The molecular formula is C15H14FN3O. The third-order valence-corrected chi connectivity index (χ3v) is 3.05. The topological polar surface area (TPSA) is 54.0 Å². The molecule has 1 aromatic carbocycles. The first kappa shape index (κ1) is 12.6. The Kier molecular flexibility index (Phi) is 3.33. The highest BCUT2D eigenvalue weighted by Gasteiger charge is 2.21. The van der Waals surface area contributed by atoms with Crippen molar-refractivity contribution < 1.29 is 9.18 Å². The van der Waals surface area contributed by atoms with Crippen LogP contribution in [0.1, 0.15) is 23.2 Å². The van der Waals surface area contributed by atoms with E-state index in [1.54, 1.807) is 12.3 Å². The minimum Gasteiger partial charge on any atom is -0.381 e. The molecule has 0 unspecified atom stereocenters. The van der Waals surface area contributed by atoms with Crippen molar-refractivity contribution in [1.29, 1.82) is 0 Å². The van der Waals surface area contributed by atoms with Crippen LogP contribution in [0.5, 0.6) is 0 Å². The number of carbonyl (C=O) groups excluding carboxylic acids is 1. The molecule has 4 nitrogen and oxygen atoms in total. The highest BCUT2D eigenvalue weighted by atomic mass is 19.1. The number of hydrogen-bond acceptors (Lipinski definition) is 3. The number of carbonyl (C=O) groups is 1. The average molecular weight is 271 g/mol. The van der Waals surface area contributed by atoms with E-state index in [1.165, 1.54) is 30.5 Å². The molecule has 0 spiro atoms. The number of hydrogen-bond donors (Lipinski definition) is 2. The van der Waals surface area contributed by atoms with Gasteiger partial charge in [0.1, 0.15) is 5.82 Å². The second kappa shape index (κ2) is 5.28. The van der Waals surface area contributed by atoms with Gasteiger partial charge in [0.05, 0.1) is 11.3 Å². The van der Waals surface area contributed by atoms with Gasteiger partial charge >= 0.3 is 0 Å². The second-order valence-corrected chi connectivity index (χ2v) is 4.84. The van der Waals surface area contributed by atoms with Crippen LogP contribution in [0, 0.1) is 5.82 Å². The Bertz CT molecular complexity index is 623. The number of pyridine rings is 1. The molecule has 0 atom stereocenters. The van der Waals surface area contributed by atoms with Crippen molar-refractivity contribution in [2.45, 2.75) is 18.9 Å². The van der Waals surface area contributed by atoms with Gasteiger partial charge in [-0.1, -0.05) is 0 Å². The molecule has 2 N–H and O–H groups in total. The number of nitrogens with one attached hydrogen (secondary N) is 2. The lowest BCUT2D eigenvalue weighted by atomic mass is 10.2. The molecule has 0 aliphatic heterocycles. The molecular weight excluding hydrogens is 257 g/mol. The van der Waals surface area contributed by atoms with Crippen molar-refractivity contribution in [3.8, 4) is 0 Å². The van der Waals surface area contributed by atoms with Crippen molar-refractivity contribution in [3.05, 3.63) is 54.1 Å². The van der Waals surface area contributed by atoms with E-state index in [2.05, 4.69) is 15.6 Å². The van der Waals surface area contributed by atoms with Crippen LogP contribution in [0.25, 0.3) is 0 Å². The van der Waals surface area contributed by atoms with Gasteiger partial charge in [-0.3, -0.25) is 9.78 Å². The van der Waals surface area contributed by atoms with Crippen LogP contribution in [0.15, 0.2) is 42.7 Å². The zero-order valence-corrected chi connectivity index (χ0v) is 10.8. The maximum Gasteiger partial charge on any atom is 0.257 e. The van der Waals surface area contributed by atoms with Gasteiger partial charge in [-0.05, 0) is 43.2 Å². The van der Waals surface area contributed by atoms with E-state index in [4.69, 9.17) is 0 Å². The van der Waals surface area contributed by atoms with Crippen molar-refractivity contribution in [2.24, 2.45) is 0 Å². The van der Waals surface area contributed by atoms with Gasteiger partial charge in [-0.25, -0.2) is 4.39 Å². The summed E-state index contributed by atoms with van der Waals surface area (Å²) >= 11 is 0. The van der Waals surface area contributed by atoms with Crippen LogP contribution in [-0.4, -0.2) is 16.9 Å². The quantitative estimate of drug-likeness (QED) is 0.898. The fourth-order valence-electron chi connectivity index (χ4n) is 1.84. The Balaban J connectivity index is 1.71. The molecule has 0 bridgehead atoms. The fourth-order valence-corrected chi connectivity index (χ4v) is 1.84. The van der Waals surface area contributed by atoms with Crippen LogP contribution in [0.2, 0.25) is 0 Å². The molecule has 5 heteroatoms. The molecule has 1 aliphatic carbocycles. The number of aromatic nitrogens is 1. The summed E-state index contributed by atoms with van der Waals surface area (Å²) in [7, 11) is 0. The Morgan fingerprint density at radius 1 is 1.15 bits per heavy atom. The maximum atomic E-state index is 12.8. The summed E-state index contributed by atoms with van der Waals surface area (Å²) in [6, 6.07) is 7.93. The second-order valence-electron chi connectivity index (χ2n) is 4.84. The van der Waals surface area contributed by atoms with Crippen molar-refractivity contribution in [3.63, 3.8) is 0 Å². The van der Waals surface area contributed by atoms with Gasteiger partial charge in [0, 0.05) is 24.1 Å². The number of nitrogens with zero attached hydrogens (tertiary/aromatic N) is 1. The zero-order valence-electron chi connectivity index (χ0n) is 10.8. The van der Waals surface area contributed by atoms with Gasteiger partial charge < -0.3 is 10.6 Å². The molecule has 1 saturated carbocycles. The molecule has 0 saturated heterocycles. The predicted molar refractivity (Wildman–Crippen MR) is 75.2 cm³/mol. The van der Waals surface area contributed by atoms with Gasteiger partial charge in [-0.15, -0.1) is 0 Å². The number of benzene rings is 1. The van der Waals surface area contributed by atoms with E-state index in [9.17, 15) is 9.18 Å². The van der Waals surface area contributed by atoms with Gasteiger partial charge in [0.15, 0.2) is 0 Å². The number of anilines is 2. The highest BCUT2D eigenvalue weighted by Crippen LogP contribution is 2.24. The average Bonchev–Trinajstić information content (AvgIpc) is 3.25. The van der Waals surface area contributed by atoms with Gasteiger partial charge in [0.25, 0.3) is 5.91 Å². The summed E-state index contributed by atoms with van der Waals surface area (Å²) in [5.41, 5.74) is 1.87. The smallest absolute Gasteiger partial charge is 0.257 e. The zero-order chi connectivity index (χ0) is 13.9. The van der Waals surface area contributed by atoms with Crippen LogP contribution in [0.4, 0.5) is 15.8 Å². The van der Waals surface area contributed by atoms with Crippen molar-refractivity contribution in [1.82, 2.24) is 4.98 Å². The molecule has 1 aliphatic rings. The van der Waals surface area contributed by atoms with Crippen molar-refractivity contribution in [2.75, 3.05) is 10.6 Å². The monoisotopic (exact) mass is 271 g/mol. The summed E-state index contributed by atoms with van der Waals surface area (Å²) in [5.74, 6) is -0.594. The SMILES string of the molecule is O=C(Nc1ccc(F)cc1)c1cncc(NC2CC2)c1. The van der Waals surface area contributed by atoms with E-state index >= 15 is 0 Å². The number of amides is 1. The van der Waals surface area contributed by atoms with Crippen molar-refractivity contribution >= 4 is 17.3 Å². The maximum absolute atomic E-state index is 12.8. The highest BCUT2D eigenvalue weighted by molar-refractivity contribution is 6.04. The predicted octanol–water partition coefficient (Wildman–Crippen LogP) is 3.05. The summed E-state index contributed by atoms with van der Waals surface area (Å²) in [6.45, 7) is 0. The molecule has 0 radical (unpaired) electrons. The lowest BCUT2D eigenvalue weighted by molar-refractivity contribution is 0.102. The molecule has 1 aromatic heterocycles. The third kappa shape index (κ3) is 3.12. The number of halogens is 1. The van der Waals surface area contributed by atoms with Gasteiger partial charge in [-0.2, -0.15) is 0 Å². The van der Waals surface area contributed by atoms with E-state index in [0.29, 0.717) is 17.3 Å². The van der Waals surface area contributed by atoms with Crippen LogP contribution in [-0.2, 0) is 0 Å². The molecule has 1 fully saturated rings. The summed E-state index contributed by atoms with van der Waals surface area (Å²) in [4.78, 5) is 16.1. The molecule has 102 valence electrons. The molecule has 1 heterocycles. The van der Waals surface area contributed by atoms with Crippen LogP contribution < -0.4 is 10.6 Å². The molecule has 3 rings (SSSR count). The standard InChI is InChI=1S/C15H14FN3O/c16-11-1-3-13(4-2-11)19-15(20)10-7-14(9-17-8-10)18-12-5-6-12/h1-4,7-9,12,18H,5-6H2,(H,19,20). The Hall–Kier alpha value is -2.43. The largest absolute Gasteiger partial charge is 0.381 e. The normalized spacial score (nSPS) is 13.8. The lowest BCUT2D eigenvalue weighted by Gasteiger charge is -2.07. The minimum absolute atomic E-state index is 0.261. The summed E-state index contributed by atoms with van der Waals surface area (Å²) in [5, 5.41) is 6.00. The first-order valence-corrected chi connectivity index (χ1v) is 6.49. The first-order valence-electron chi connectivity index (χ1n) is 6.49. The molecule has 2 aromatic rings. The Morgan fingerprint density at radius 3 is 2.60 bits per heavy atom. The molecule has 1 amide bonds. The van der Waals surface area contributed by atoms with E-state index in [1.807, 2.05) is 0 Å². The summed E-state index contributed by atoms with van der Waals surface area (Å²) < 4.78 is 12.8. The van der Waals surface area contributed by atoms with E-state index in [-0.39, 0.29) is 11.7 Å². The Labute approximate surface area is 116 Å². The van der Waals surface area contributed by atoms with Crippen LogP contribution in [0.3, 0.4) is 0 Å². The van der Waals surface area contributed by atoms with E-state index in [0.717, 1.165) is 18.5 Å². The summed E-state index contributed by atoms with van der Waals surface area (Å²) in [6.07, 6.45) is 5.53. The molecule has 20 heavy (non-hydrogen) atoms. The fraction of sp³-hybridized carbons (Fsp3) is 0.200. The minimum atomic E-state index is -0.333. The third-order valence-electron chi connectivity index (χ3n) is 3.05. The lowest BCUT2D eigenvalue weighted by Crippen LogP contribution is -2.13. The van der Waals surface area contributed by atoms with Gasteiger partial charge in [0.2, 0.25) is 0 Å². The number of rotatable bonds is 4. The first-order chi connectivity index (χ1) is 9.70. The Morgan fingerprint density at radius 2 is 1.90 bits per heavy atom. The van der Waals surface area contributed by atoms with E-state index < -0.39 is 0 Å².